The van der Waals surface area contributed by atoms with Crippen LogP contribution < -0.4 is 5.32 Å². The lowest BCUT2D eigenvalue weighted by molar-refractivity contribution is 0.265. The number of pyridine rings is 1. The second-order valence-corrected chi connectivity index (χ2v) is 5.16. The summed E-state index contributed by atoms with van der Waals surface area (Å²) in [5, 5.41) is 3.65. The highest BCUT2D eigenvalue weighted by atomic mass is 15.2. The van der Waals surface area contributed by atoms with Crippen LogP contribution in [-0.2, 0) is 6.42 Å². The third-order valence-electron chi connectivity index (χ3n) is 3.61. The fourth-order valence-corrected chi connectivity index (χ4v) is 2.64. The van der Waals surface area contributed by atoms with Crippen LogP contribution >= 0.6 is 0 Å². The van der Waals surface area contributed by atoms with Gasteiger partial charge in [0.05, 0.1) is 0 Å². The van der Waals surface area contributed by atoms with Gasteiger partial charge in [-0.3, -0.25) is 4.98 Å². The van der Waals surface area contributed by atoms with Gasteiger partial charge in [-0.1, -0.05) is 19.4 Å². The van der Waals surface area contributed by atoms with Crippen molar-refractivity contribution in [2.75, 3.05) is 26.2 Å². The molecule has 18 heavy (non-hydrogen) atoms. The van der Waals surface area contributed by atoms with Crippen LogP contribution in [0.2, 0.25) is 0 Å². The lowest BCUT2D eigenvalue weighted by Gasteiger charge is -2.23. The van der Waals surface area contributed by atoms with Crippen molar-refractivity contribution < 1.29 is 0 Å². The number of hydrogen-bond donors (Lipinski definition) is 1. The zero-order chi connectivity index (χ0) is 12.6. The summed E-state index contributed by atoms with van der Waals surface area (Å²) in [5.74, 6) is 0. The summed E-state index contributed by atoms with van der Waals surface area (Å²) in [6, 6.07) is 6.86. The molecule has 3 nitrogen and oxygen atoms in total. The van der Waals surface area contributed by atoms with Crippen LogP contribution in [0.15, 0.2) is 24.4 Å². The lowest BCUT2D eigenvalue weighted by Crippen LogP contribution is -2.38. The molecule has 0 amide bonds. The van der Waals surface area contributed by atoms with E-state index in [4.69, 9.17) is 0 Å². The minimum absolute atomic E-state index is 0.682. The molecule has 0 aliphatic carbocycles. The zero-order valence-electron chi connectivity index (χ0n) is 11.4. The van der Waals surface area contributed by atoms with Crippen molar-refractivity contribution in [1.82, 2.24) is 15.2 Å². The van der Waals surface area contributed by atoms with E-state index in [9.17, 15) is 0 Å². The molecule has 1 aliphatic rings. The minimum atomic E-state index is 0.682. The normalized spacial score (nSPS) is 21.7. The fourth-order valence-electron chi connectivity index (χ4n) is 2.64. The van der Waals surface area contributed by atoms with Gasteiger partial charge in [0, 0.05) is 37.4 Å². The molecule has 1 aliphatic heterocycles. The van der Waals surface area contributed by atoms with E-state index in [1.807, 2.05) is 12.3 Å². The first-order valence-electron chi connectivity index (χ1n) is 7.24. The van der Waals surface area contributed by atoms with Crippen LogP contribution in [0.3, 0.4) is 0 Å². The Morgan fingerprint density at radius 2 is 2.39 bits per heavy atom. The first-order valence-corrected chi connectivity index (χ1v) is 7.24. The highest BCUT2D eigenvalue weighted by molar-refractivity contribution is 5.03. The van der Waals surface area contributed by atoms with Crippen LogP contribution in [0.1, 0.15) is 31.9 Å². The molecule has 0 aromatic carbocycles. The topological polar surface area (TPSA) is 28.2 Å². The first kappa shape index (κ1) is 13.5. The highest BCUT2D eigenvalue weighted by Crippen LogP contribution is 2.07. The summed E-state index contributed by atoms with van der Waals surface area (Å²) in [5.41, 5.74) is 1.21. The van der Waals surface area contributed by atoms with Gasteiger partial charge in [-0.2, -0.15) is 0 Å². The average Bonchev–Trinajstić information content (AvgIpc) is 2.63. The largest absolute Gasteiger partial charge is 0.313 e. The molecular weight excluding hydrogens is 222 g/mol. The Bertz CT molecular complexity index is 326. The SMILES string of the molecule is CCCC1CN(CCc2ccccn2)CCCN1. The molecule has 1 unspecified atom stereocenters. The van der Waals surface area contributed by atoms with Gasteiger partial charge in [-0.25, -0.2) is 0 Å². The summed E-state index contributed by atoms with van der Waals surface area (Å²) in [6.07, 6.45) is 6.78. The number of aromatic nitrogens is 1. The molecule has 100 valence electrons. The van der Waals surface area contributed by atoms with Crippen molar-refractivity contribution in [3.05, 3.63) is 30.1 Å². The maximum Gasteiger partial charge on any atom is 0.0416 e. The molecule has 1 aromatic rings. The van der Waals surface area contributed by atoms with Crippen molar-refractivity contribution in [2.45, 2.75) is 38.6 Å². The minimum Gasteiger partial charge on any atom is -0.313 e. The van der Waals surface area contributed by atoms with E-state index in [0.29, 0.717) is 6.04 Å². The molecular formula is C15H25N3. The molecule has 0 spiro atoms. The predicted molar refractivity (Wildman–Crippen MR) is 75.7 cm³/mol. The molecule has 1 N–H and O–H groups in total. The summed E-state index contributed by atoms with van der Waals surface area (Å²) >= 11 is 0. The molecule has 0 radical (unpaired) electrons. The monoisotopic (exact) mass is 247 g/mol. The Hall–Kier alpha value is -0.930. The molecule has 1 aromatic heterocycles. The maximum absolute atomic E-state index is 4.40. The second kappa shape index (κ2) is 7.49. The predicted octanol–water partition coefficient (Wildman–Crippen LogP) is 2.09. The van der Waals surface area contributed by atoms with E-state index in [1.54, 1.807) is 0 Å². The van der Waals surface area contributed by atoms with E-state index < -0.39 is 0 Å². The van der Waals surface area contributed by atoms with Crippen LogP contribution in [0, 0.1) is 0 Å². The third kappa shape index (κ3) is 4.39. The van der Waals surface area contributed by atoms with Gasteiger partial charge in [0.1, 0.15) is 0 Å². The summed E-state index contributed by atoms with van der Waals surface area (Å²) in [4.78, 5) is 6.99. The van der Waals surface area contributed by atoms with Crippen molar-refractivity contribution in [3.8, 4) is 0 Å². The summed E-state index contributed by atoms with van der Waals surface area (Å²) in [6.45, 7) is 7.00. The van der Waals surface area contributed by atoms with Gasteiger partial charge >= 0.3 is 0 Å². The van der Waals surface area contributed by atoms with E-state index in [2.05, 4.69) is 34.3 Å². The molecule has 2 heterocycles. The molecule has 0 bridgehead atoms. The van der Waals surface area contributed by atoms with E-state index in [-0.39, 0.29) is 0 Å². The number of rotatable bonds is 5. The molecule has 1 saturated heterocycles. The second-order valence-electron chi connectivity index (χ2n) is 5.16. The van der Waals surface area contributed by atoms with Crippen molar-refractivity contribution >= 4 is 0 Å². The first-order chi connectivity index (χ1) is 8.88. The Labute approximate surface area is 111 Å². The molecule has 1 fully saturated rings. The van der Waals surface area contributed by atoms with Gasteiger partial charge < -0.3 is 10.2 Å². The smallest absolute Gasteiger partial charge is 0.0416 e. The van der Waals surface area contributed by atoms with Gasteiger partial charge in [-0.05, 0) is 38.1 Å². The third-order valence-corrected chi connectivity index (χ3v) is 3.61. The molecule has 0 saturated carbocycles. The van der Waals surface area contributed by atoms with Crippen LogP contribution in [0.5, 0.6) is 0 Å². The summed E-state index contributed by atoms with van der Waals surface area (Å²) in [7, 11) is 0. The Balaban J connectivity index is 1.80. The molecule has 1 atom stereocenters. The maximum atomic E-state index is 4.40. The van der Waals surface area contributed by atoms with E-state index >= 15 is 0 Å². The molecule has 2 rings (SSSR count). The van der Waals surface area contributed by atoms with Crippen molar-refractivity contribution in [3.63, 3.8) is 0 Å². The van der Waals surface area contributed by atoms with Crippen LogP contribution in [0.25, 0.3) is 0 Å². The number of nitrogens with one attached hydrogen (secondary N) is 1. The Morgan fingerprint density at radius 1 is 1.44 bits per heavy atom. The van der Waals surface area contributed by atoms with Gasteiger partial charge in [-0.15, -0.1) is 0 Å². The van der Waals surface area contributed by atoms with Crippen molar-refractivity contribution in [1.29, 1.82) is 0 Å². The van der Waals surface area contributed by atoms with Gasteiger partial charge in [0.2, 0.25) is 0 Å². The standard InChI is InChI=1S/C15H25N3/c1-2-6-15-13-18(11-5-10-17-15)12-8-14-7-3-4-9-16-14/h3-4,7,9,15,17H,2,5-6,8,10-13H2,1H3. The number of hydrogen-bond acceptors (Lipinski definition) is 3. The van der Waals surface area contributed by atoms with Crippen LogP contribution in [-0.4, -0.2) is 42.1 Å². The van der Waals surface area contributed by atoms with Crippen LogP contribution in [0.4, 0.5) is 0 Å². The lowest BCUT2D eigenvalue weighted by atomic mass is 10.1. The Kier molecular flexibility index (Phi) is 5.62. The average molecular weight is 247 g/mol. The van der Waals surface area contributed by atoms with Crippen molar-refractivity contribution in [2.24, 2.45) is 0 Å². The van der Waals surface area contributed by atoms with Gasteiger partial charge in [0.25, 0.3) is 0 Å². The summed E-state index contributed by atoms with van der Waals surface area (Å²) < 4.78 is 0. The van der Waals surface area contributed by atoms with E-state index in [1.165, 1.54) is 44.6 Å². The van der Waals surface area contributed by atoms with Gasteiger partial charge in [0.15, 0.2) is 0 Å². The fraction of sp³-hybridized carbons (Fsp3) is 0.667. The quantitative estimate of drug-likeness (QED) is 0.863. The Morgan fingerprint density at radius 3 is 3.17 bits per heavy atom. The molecule has 3 heteroatoms. The number of nitrogens with zero attached hydrogens (tertiary/aromatic N) is 2. The zero-order valence-corrected chi connectivity index (χ0v) is 11.4. The highest BCUT2D eigenvalue weighted by Gasteiger charge is 2.16. The van der Waals surface area contributed by atoms with E-state index in [0.717, 1.165) is 13.0 Å².